The molecule has 2 rings (SSSR count). The highest BCUT2D eigenvalue weighted by Crippen LogP contribution is 2.33. The van der Waals surface area contributed by atoms with Crippen molar-refractivity contribution in [3.63, 3.8) is 0 Å². The minimum atomic E-state index is 0.578. The lowest BCUT2D eigenvalue weighted by molar-refractivity contribution is 0.253. The molecular formula is C15H28N4. The third-order valence-corrected chi connectivity index (χ3v) is 4.18. The molecule has 1 fully saturated rings. The molecule has 0 spiro atoms. The van der Waals surface area contributed by atoms with Gasteiger partial charge in [0.05, 0.1) is 17.9 Å². The Morgan fingerprint density at radius 3 is 2.68 bits per heavy atom. The van der Waals surface area contributed by atoms with Crippen LogP contribution in [-0.4, -0.2) is 21.5 Å². The summed E-state index contributed by atoms with van der Waals surface area (Å²) in [5.41, 5.74) is 1.07. The van der Waals surface area contributed by atoms with E-state index in [0.717, 1.165) is 24.7 Å². The van der Waals surface area contributed by atoms with Gasteiger partial charge in [-0.1, -0.05) is 32.4 Å². The minimum absolute atomic E-state index is 0.578. The Balaban J connectivity index is 1.80. The molecular weight excluding hydrogens is 236 g/mol. The zero-order valence-electron chi connectivity index (χ0n) is 12.6. The molecule has 1 heterocycles. The van der Waals surface area contributed by atoms with E-state index < -0.39 is 0 Å². The molecule has 0 unspecified atom stereocenters. The van der Waals surface area contributed by atoms with Gasteiger partial charge in [-0.2, -0.15) is 0 Å². The van der Waals surface area contributed by atoms with Crippen LogP contribution >= 0.6 is 0 Å². The van der Waals surface area contributed by atoms with Crippen LogP contribution in [0.2, 0.25) is 0 Å². The third-order valence-electron chi connectivity index (χ3n) is 4.18. The highest BCUT2D eigenvalue weighted by molar-refractivity contribution is 4.93. The first-order chi connectivity index (χ1) is 9.19. The number of hydrogen-bond donors (Lipinski definition) is 1. The van der Waals surface area contributed by atoms with Gasteiger partial charge in [-0.3, -0.25) is 0 Å². The number of nitrogens with one attached hydrogen (secondary N) is 1. The Morgan fingerprint density at radius 1 is 1.32 bits per heavy atom. The van der Waals surface area contributed by atoms with Crippen molar-refractivity contribution in [3.05, 3.63) is 11.9 Å². The molecule has 4 heteroatoms. The summed E-state index contributed by atoms with van der Waals surface area (Å²) in [7, 11) is 0. The van der Waals surface area contributed by atoms with Gasteiger partial charge in [0.2, 0.25) is 0 Å². The first kappa shape index (κ1) is 14.5. The van der Waals surface area contributed by atoms with Gasteiger partial charge in [0.25, 0.3) is 0 Å². The molecule has 0 aliphatic heterocycles. The van der Waals surface area contributed by atoms with Gasteiger partial charge in [-0.15, -0.1) is 5.10 Å². The van der Waals surface area contributed by atoms with Crippen molar-refractivity contribution in [1.29, 1.82) is 0 Å². The van der Waals surface area contributed by atoms with Crippen LogP contribution in [-0.2, 0) is 6.54 Å². The van der Waals surface area contributed by atoms with Crippen LogP contribution in [0.1, 0.15) is 64.6 Å². The van der Waals surface area contributed by atoms with Crippen LogP contribution in [0.4, 0.5) is 0 Å². The Kier molecular flexibility index (Phi) is 5.37. The van der Waals surface area contributed by atoms with E-state index in [9.17, 15) is 0 Å². The molecule has 1 aromatic rings. The van der Waals surface area contributed by atoms with Crippen molar-refractivity contribution in [2.75, 3.05) is 6.54 Å². The van der Waals surface area contributed by atoms with Gasteiger partial charge in [0, 0.05) is 6.54 Å². The monoisotopic (exact) mass is 264 g/mol. The van der Waals surface area contributed by atoms with Crippen molar-refractivity contribution >= 4 is 0 Å². The van der Waals surface area contributed by atoms with E-state index in [4.69, 9.17) is 0 Å². The van der Waals surface area contributed by atoms with Gasteiger partial charge in [0.15, 0.2) is 0 Å². The molecule has 1 aromatic heterocycles. The van der Waals surface area contributed by atoms with Crippen LogP contribution in [0.3, 0.4) is 0 Å². The topological polar surface area (TPSA) is 42.7 Å². The summed E-state index contributed by atoms with van der Waals surface area (Å²) >= 11 is 0. The normalized spacial score (nSPS) is 24.0. The summed E-state index contributed by atoms with van der Waals surface area (Å²) < 4.78 is 2.10. The van der Waals surface area contributed by atoms with Gasteiger partial charge < -0.3 is 5.32 Å². The van der Waals surface area contributed by atoms with E-state index in [-0.39, 0.29) is 0 Å². The predicted molar refractivity (Wildman–Crippen MR) is 77.9 cm³/mol. The van der Waals surface area contributed by atoms with Gasteiger partial charge >= 0.3 is 0 Å². The van der Waals surface area contributed by atoms with E-state index in [2.05, 4.69) is 47.3 Å². The van der Waals surface area contributed by atoms with Crippen molar-refractivity contribution in [3.8, 4) is 0 Å². The highest BCUT2D eigenvalue weighted by Gasteiger charge is 2.22. The van der Waals surface area contributed by atoms with Crippen LogP contribution in [0, 0.1) is 11.8 Å². The first-order valence-electron chi connectivity index (χ1n) is 7.80. The zero-order valence-corrected chi connectivity index (χ0v) is 12.6. The van der Waals surface area contributed by atoms with Crippen molar-refractivity contribution in [2.45, 2.75) is 65.5 Å². The Hall–Kier alpha value is -0.900. The lowest BCUT2D eigenvalue weighted by atomic mass is 9.85. The quantitative estimate of drug-likeness (QED) is 0.858. The molecule has 108 valence electrons. The van der Waals surface area contributed by atoms with Crippen LogP contribution in [0.25, 0.3) is 0 Å². The van der Waals surface area contributed by atoms with Crippen LogP contribution in [0.5, 0.6) is 0 Å². The average Bonchev–Trinajstić information content (AvgIpc) is 2.87. The average molecular weight is 264 g/mol. The number of rotatable bonds is 6. The van der Waals surface area contributed by atoms with Gasteiger partial charge in [-0.25, -0.2) is 4.68 Å². The molecule has 0 atom stereocenters. The molecule has 0 bridgehead atoms. The summed E-state index contributed by atoms with van der Waals surface area (Å²) in [6.45, 7) is 8.61. The lowest BCUT2D eigenvalue weighted by Crippen LogP contribution is -2.19. The lowest BCUT2D eigenvalue weighted by Gasteiger charge is -2.27. The maximum atomic E-state index is 4.32. The Bertz CT molecular complexity index is 364. The summed E-state index contributed by atoms with van der Waals surface area (Å²) in [5.74, 6) is 1.62. The van der Waals surface area contributed by atoms with E-state index in [0.29, 0.717) is 12.0 Å². The zero-order chi connectivity index (χ0) is 13.7. The molecule has 1 aliphatic rings. The van der Waals surface area contributed by atoms with Crippen LogP contribution in [0.15, 0.2) is 6.20 Å². The minimum Gasteiger partial charge on any atom is -0.311 e. The largest absolute Gasteiger partial charge is 0.311 e. The van der Waals surface area contributed by atoms with Gasteiger partial charge in [-0.05, 0) is 44.1 Å². The molecule has 0 radical (unpaired) electrons. The van der Waals surface area contributed by atoms with E-state index in [1.807, 2.05) is 0 Å². The highest BCUT2D eigenvalue weighted by atomic mass is 15.4. The van der Waals surface area contributed by atoms with Crippen molar-refractivity contribution < 1.29 is 0 Å². The van der Waals surface area contributed by atoms with Crippen molar-refractivity contribution in [1.82, 2.24) is 20.3 Å². The molecule has 0 aromatic carbocycles. The second-order valence-electron chi connectivity index (χ2n) is 6.30. The maximum absolute atomic E-state index is 4.32. The van der Waals surface area contributed by atoms with Crippen molar-refractivity contribution in [2.24, 2.45) is 11.8 Å². The van der Waals surface area contributed by atoms with E-state index in [1.165, 1.54) is 32.1 Å². The van der Waals surface area contributed by atoms with E-state index in [1.54, 1.807) is 0 Å². The predicted octanol–water partition coefficient (Wildman–Crippen LogP) is 3.17. The smallest absolute Gasteiger partial charge is 0.0964 e. The summed E-state index contributed by atoms with van der Waals surface area (Å²) in [5, 5.41) is 12.0. The second kappa shape index (κ2) is 7.04. The number of hydrogen-bond acceptors (Lipinski definition) is 3. The first-order valence-corrected chi connectivity index (χ1v) is 7.80. The Morgan fingerprint density at radius 2 is 2.05 bits per heavy atom. The summed E-state index contributed by atoms with van der Waals surface area (Å²) in [4.78, 5) is 0. The molecule has 0 amide bonds. The standard InChI is InChI=1S/C15H28N4/c1-4-13-5-7-15(8-6-13)19-11-14(17-18-19)10-16-9-12(2)3/h11-13,15-16H,4-10H2,1-3H3. The molecule has 1 N–H and O–H groups in total. The fourth-order valence-electron chi connectivity index (χ4n) is 2.88. The molecule has 1 saturated carbocycles. The fourth-order valence-corrected chi connectivity index (χ4v) is 2.88. The van der Waals surface area contributed by atoms with Crippen LogP contribution < -0.4 is 5.32 Å². The number of nitrogens with zero attached hydrogens (tertiary/aromatic N) is 3. The Labute approximate surface area is 117 Å². The van der Waals surface area contributed by atoms with Gasteiger partial charge in [0.1, 0.15) is 0 Å². The molecule has 4 nitrogen and oxygen atoms in total. The second-order valence-corrected chi connectivity index (χ2v) is 6.30. The molecule has 1 aliphatic carbocycles. The molecule has 19 heavy (non-hydrogen) atoms. The van der Waals surface area contributed by atoms with E-state index >= 15 is 0 Å². The summed E-state index contributed by atoms with van der Waals surface area (Å²) in [6, 6.07) is 0.578. The third kappa shape index (κ3) is 4.30. The molecule has 0 saturated heterocycles. The fraction of sp³-hybridized carbons (Fsp3) is 0.867. The number of aromatic nitrogens is 3. The maximum Gasteiger partial charge on any atom is 0.0964 e. The summed E-state index contributed by atoms with van der Waals surface area (Å²) in [6.07, 6.45) is 8.68. The SMILES string of the molecule is CCC1CCC(n2cc(CNCC(C)C)nn2)CC1.